The first-order valence-corrected chi connectivity index (χ1v) is 6.04. The van der Waals surface area contributed by atoms with Crippen LogP contribution in [0.4, 0.5) is 0 Å². The lowest BCUT2D eigenvalue weighted by molar-refractivity contribution is 0.706. The second kappa shape index (κ2) is 4.60. The van der Waals surface area contributed by atoms with Gasteiger partial charge in [-0.2, -0.15) is 0 Å². The molecule has 0 unspecified atom stereocenters. The highest BCUT2D eigenvalue weighted by molar-refractivity contribution is 7.10. The van der Waals surface area contributed by atoms with Crippen molar-refractivity contribution < 1.29 is 0 Å². The Bertz CT molecular complexity index is 328. The summed E-state index contributed by atoms with van der Waals surface area (Å²) in [6.45, 7) is 4.08. The number of rotatable bonds is 2. The minimum absolute atomic E-state index is 0.934. The first kappa shape index (κ1) is 9.71. The van der Waals surface area contributed by atoms with Crippen LogP contribution in [0.3, 0.4) is 0 Å². The summed E-state index contributed by atoms with van der Waals surface area (Å²) >= 11 is 1.81. The molecule has 0 aliphatic carbocycles. The molecule has 14 heavy (non-hydrogen) atoms. The maximum atomic E-state index is 4.46. The number of hydrogen-bond donors (Lipinski definition) is 1. The molecule has 1 aromatic rings. The Kier molecular flexibility index (Phi) is 3.19. The van der Waals surface area contributed by atoms with Crippen LogP contribution in [0.15, 0.2) is 16.4 Å². The van der Waals surface area contributed by atoms with Crippen molar-refractivity contribution >= 4 is 17.2 Å². The number of aryl methyl sites for hydroxylation is 1. The Hall–Kier alpha value is -0.830. The smallest absolute Gasteiger partial charge is 0.0965 e. The summed E-state index contributed by atoms with van der Waals surface area (Å²) in [5.41, 5.74) is 1.38. The molecule has 1 N–H and O–H groups in total. The van der Waals surface area contributed by atoms with E-state index in [0.29, 0.717) is 0 Å². The first-order valence-electron chi connectivity index (χ1n) is 5.16. The van der Waals surface area contributed by atoms with E-state index in [1.807, 2.05) is 11.3 Å². The van der Waals surface area contributed by atoms with Gasteiger partial charge in [0.05, 0.1) is 5.84 Å². The molecule has 0 fully saturated rings. The third-order valence-electron chi connectivity index (χ3n) is 2.41. The Morgan fingerprint density at radius 2 is 2.43 bits per heavy atom. The number of nitrogens with zero attached hydrogens (tertiary/aromatic N) is 1. The monoisotopic (exact) mass is 208 g/mol. The van der Waals surface area contributed by atoms with Gasteiger partial charge in [0.15, 0.2) is 0 Å². The Labute approximate surface area is 89.1 Å². The van der Waals surface area contributed by atoms with Crippen molar-refractivity contribution in [2.45, 2.75) is 32.7 Å². The summed E-state index contributed by atoms with van der Waals surface area (Å²) in [5, 5.41) is 5.62. The third-order valence-corrected chi connectivity index (χ3v) is 3.32. The van der Waals surface area contributed by atoms with Crippen molar-refractivity contribution in [3.8, 4) is 0 Å². The quantitative estimate of drug-likeness (QED) is 0.794. The van der Waals surface area contributed by atoms with Crippen LogP contribution in [0.1, 0.15) is 29.7 Å². The Morgan fingerprint density at radius 1 is 1.50 bits per heavy atom. The number of hydrogen-bond acceptors (Lipinski definition) is 3. The Balaban J connectivity index is 1.84. The van der Waals surface area contributed by atoms with Gasteiger partial charge in [-0.05, 0) is 36.8 Å². The zero-order valence-corrected chi connectivity index (χ0v) is 9.36. The van der Waals surface area contributed by atoms with Gasteiger partial charge in [-0.1, -0.05) is 0 Å². The number of nitrogens with one attached hydrogen (secondary N) is 1. The maximum absolute atomic E-state index is 4.46. The fourth-order valence-electron chi connectivity index (χ4n) is 1.64. The van der Waals surface area contributed by atoms with Gasteiger partial charge in [0.25, 0.3) is 0 Å². The topological polar surface area (TPSA) is 24.4 Å². The molecule has 0 saturated carbocycles. The molecule has 2 nitrogen and oxygen atoms in total. The van der Waals surface area contributed by atoms with Gasteiger partial charge in [-0.25, -0.2) is 0 Å². The van der Waals surface area contributed by atoms with Crippen LogP contribution in [0.5, 0.6) is 0 Å². The van der Waals surface area contributed by atoms with Gasteiger partial charge >= 0.3 is 0 Å². The van der Waals surface area contributed by atoms with Crippen LogP contribution in [-0.4, -0.2) is 12.4 Å². The molecule has 0 aromatic carbocycles. The minimum atomic E-state index is 0.934. The highest BCUT2D eigenvalue weighted by atomic mass is 32.1. The molecule has 0 atom stereocenters. The molecule has 1 aromatic heterocycles. The summed E-state index contributed by atoms with van der Waals surface area (Å²) < 4.78 is 0. The standard InChI is InChI=1S/C11H16N2S/c1-9-6-10(8-14-9)7-13-11-4-2-3-5-12-11/h6,8H,2-5,7H2,1H3,(H,12,13). The Morgan fingerprint density at radius 3 is 3.07 bits per heavy atom. The zero-order valence-electron chi connectivity index (χ0n) is 8.55. The summed E-state index contributed by atoms with van der Waals surface area (Å²) in [7, 11) is 0. The molecule has 0 amide bonds. The fraction of sp³-hybridized carbons (Fsp3) is 0.545. The van der Waals surface area contributed by atoms with E-state index in [1.54, 1.807) is 0 Å². The first-order chi connectivity index (χ1) is 6.84. The summed E-state index contributed by atoms with van der Waals surface area (Å²) in [6.07, 6.45) is 3.67. The number of amidine groups is 1. The summed E-state index contributed by atoms with van der Waals surface area (Å²) in [6, 6.07) is 2.24. The van der Waals surface area contributed by atoms with Crippen molar-refractivity contribution in [1.82, 2.24) is 5.32 Å². The third kappa shape index (κ3) is 2.58. The molecule has 1 aliphatic rings. The van der Waals surface area contributed by atoms with Crippen molar-refractivity contribution in [3.05, 3.63) is 21.9 Å². The van der Waals surface area contributed by atoms with Crippen LogP contribution in [-0.2, 0) is 6.54 Å². The van der Waals surface area contributed by atoms with E-state index >= 15 is 0 Å². The van der Waals surface area contributed by atoms with E-state index in [1.165, 1.54) is 29.1 Å². The van der Waals surface area contributed by atoms with Crippen LogP contribution in [0.25, 0.3) is 0 Å². The van der Waals surface area contributed by atoms with Gasteiger partial charge in [0.1, 0.15) is 0 Å². The predicted octanol–water partition coefficient (Wildman–Crippen LogP) is 2.73. The van der Waals surface area contributed by atoms with E-state index in [9.17, 15) is 0 Å². The van der Waals surface area contributed by atoms with E-state index in [0.717, 1.165) is 19.5 Å². The molecule has 2 heterocycles. The molecule has 2 rings (SSSR count). The highest BCUT2D eigenvalue weighted by Crippen LogP contribution is 2.13. The SMILES string of the molecule is Cc1cc(CNC2=NCCCC2)cs1. The van der Waals surface area contributed by atoms with Crippen molar-refractivity contribution in [2.75, 3.05) is 6.54 Å². The van der Waals surface area contributed by atoms with Crippen LogP contribution in [0, 0.1) is 6.92 Å². The number of thiophene rings is 1. The van der Waals surface area contributed by atoms with Gasteiger partial charge in [-0.15, -0.1) is 11.3 Å². The molecule has 1 aliphatic heterocycles. The predicted molar refractivity (Wildman–Crippen MR) is 62.0 cm³/mol. The van der Waals surface area contributed by atoms with E-state index in [2.05, 4.69) is 28.7 Å². The van der Waals surface area contributed by atoms with Crippen LogP contribution < -0.4 is 5.32 Å². The van der Waals surface area contributed by atoms with Gasteiger partial charge in [0.2, 0.25) is 0 Å². The molecule has 3 heteroatoms. The zero-order chi connectivity index (χ0) is 9.80. The van der Waals surface area contributed by atoms with Crippen molar-refractivity contribution in [3.63, 3.8) is 0 Å². The van der Waals surface area contributed by atoms with Crippen LogP contribution >= 0.6 is 11.3 Å². The largest absolute Gasteiger partial charge is 0.370 e. The molecule has 0 radical (unpaired) electrons. The second-order valence-electron chi connectivity index (χ2n) is 3.70. The lowest BCUT2D eigenvalue weighted by Crippen LogP contribution is -2.25. The average Bonchev–Trinajstić information content (AvgIpc) is 2.63. The maximum Gasteiger partial charge on any atom is 0.0965 e. The lowest BCUT2D eigenvalue weighted by atomic mass is 10.2. The normalized spacial score (nSPS) is 16.5. The summed E-state index contributed by atoms with van der Waals surface area (Å²) in [4.78, 5) is 5.84. The highest BCUT2D eigenvalue weighted by Gasteiger charge is 2.04. The van der Waals surface area contributed by atoms with Gasteiger partial charge < -0.3 is 5.32 Å². The molecule has 76 valence electrons. The lowest BCUT2D eigenvalue weighted by Gasteiger charge is -2.13. The second-order valence-corrected chi connectivity index (χ2v) is 4.82. The minimum Gasteiger partial charge on any atom is -0.370 e. The van der Waals surface area contributed by atoms with E-state index in [-0.39, 0.29) is 0 Å². The number of aliphatic imine (C=N–C) groups is 1. The molecule has 0 spiro atoms. The van der Waals surface area contributed by atoms with Crippen molar-refractivity contribution in [2.24, 2.45) is 4.99 Å². The molecular formula is C11H16N2S. The molecule has 0 saturated heterocycles. The van der Waals surface area contributed by atoms with Gasteiger partial charge in [0, 0.05) is 24.4 Å². The average molecular weight is 208 g/mol. The van der Waals surface area contributed by atoms with Crippen molar-refractivity contribution in [1.29, 1.82) is 0 Å². The molecule has 0 bridgehead atoms. The van der Waals surface area contributed by atoms with E-state index in [4.69, 9.17) is 0 Å². The van der Waals surface area contributed by atoms with Gasteiger partial charge in [-0.3, -0.25) is 4.99 Å². The van der Waals surface area contributed by atoms with Crippen LogP contribution in [0.2, 0.25) is 0 Å². The molecular weight excluding hydrogens is 192 g/mol. The summed E-state index contributed by atoms with van der Waals surface area (Å²) in [5.74, 6) is 1.19. The fourth-order valence-corrected chi connectivity index (χ4v) is 2.34. The van der Waals surface area contributed by atoms with E-state index < -0.39 is 0 Å².